The summed E-state index contributed by atoms with van der Waals surface area (Å²) >= 11 is 0. The van der Waals surface area contributed by atoms with Crippen LogP contribution in [0, 0.1) is 0 Å². The molecule has 0 aromatic carbocycles. The molecular weight excluding hydrogens is 232 g/mol. The average Bonchev–Trinajstić information content (AvgIpc) is 2.35. The topological polar surface area (TPSA) is 44.8 Å². The molecule has 0 spiro atoms. The van der Waals surface area contributed by atoms with Crippen LogP contribution in [0.4, 0.5) is 0 Å². The van der Waals surface area contributed by atoms with E-state index in [9.17, 15) is 4.79 Å². The number of carbonyl (C=O) groups excluding carboxylic acids is 1. The van der Waals surface area contributed by atoms with Crippen molar-refractivity contribution in [2.24, 2.45) is 0 Å². The molecule has 0 heterocycles. The Kier molecular flexibility index (Phi) is 9.60. The fourth-order valence-corrected chi connectivity index (χ4v) is 1.83. The van der Waals surface area contributed by atoms with Gasteiger partial charge in [-0.3, -0.25) is 4.79 Å². The van der Waals surface area contributed by atoms with Crippen molar-refractivity contribution in [2.75, 3.05) is 19.8 Å². The molecular formula is C14H26O4. The van der Waals surface area contributed by atoms with Gasteiger partial charge in [-0.1, -0.05) is 6.08 Å². The third-order valence-corrected chi connectivity index (χ3v) is 2.56. The standard InChI is InChI=1S/C14H26O4/c1-5-9-11-14(17-7-3,18-8-4)12-10-13(15)16-6-2/h5H,1,6-12H2,2-4H3. The van der Waals surface area contributed by atoms with Gasteiger partial charge in [0, 0.05) is 26.1 Å². The first kappa shape index (κ1) is 17.1. The van der Waals surface area contributed by atoms with Crippen molar-refractivity contribution >= 4 is 5.97 Å². The Morgan fingerprint density at radius 1 is 1.11 bits per heavy atom. The van der Waals surface area contributed by atoms with Crippen LogP contribution in [0.2, 0.25) is 0 Å². The summed E-state index contributed by atoms with van der Waals surface area (Å²) in [5, 5.41) is 0. The molecule has 106 valence electrons. The largest absolute Gasteiger partial charge is 0.466 e. The summed E-state index contributed by atoms with van der Waals surface area (Å²) in [6, 6.07) is 0. The van der Waals surface area contributed by atoms with Gasteiger partial charge in [-0.05, 0) is 27.2 Å². The van der Waals surface area contributed by atoms with Gasteiger partial charge in [0.2, 0.25) is 0 Å². The molecule has 0 aliphatic heterocycles. The van der Waals surface area contributed by atoms with Gasteiger partial charge < -0.3 is 14.2 Å². The van der Waals surface area contributed by atoms with Crippen LogP contribution in [0.3, 0.4) is 0 Å². The molecule has 0 atom stereocenters. The van der Waals surface area contributed by atoms with E-state index in [1.165, 1.54) is 0 Å². The molecule has 0 N–H and O–H groups in total. The first-order valence-corrected chi connectivity index (χ1v) is 6.68. The lowest BCUT2D eigenvalue weighted by atomic mass is 10.0. The summed E-state index contributed by atoms with van der Waals surface area (Å²) in [7, 11) is 0. The average molecular weight is 258 g/mol. The first-order valence-electron chi connectivity index (χ1n) is 6.68. The summed E-state index contributed by atoms with van der Waals surface area (Å²) in [5.41, 5.74) is 0. The van der Waals surface area contributed by atoms with Gasteiger partial charge in [-0.15, -0.1) is 6.58 Å². The quantitative estimate of drug-likeness (QED) is 0.324. The second-order valence-corrected chi connectivity index (χ2v) is 3.91. The molecule has 0 amide bonds. The second kappa shape index (κ2) is 10.1. The number of hydrogen-bond acceptors (Lipinski definition) is 4. The van der Waals surface area contributed by atoms with Crippen molar-refractivity contribution in [2.45, 2.75) is 52.2 Å². The zero-order chi connectivity index (χ0) is 13.9. The van der Waals surface area contributed by atoms with Crippen LogP contribution in [-0.4, -0.2) is 31.6 Å². The van der Waals surface area contributed by atoms with E-state index in [4.69, 9.17) is 14.2 Å². The molecule has 0 fully saturated rings. The van der Waals surface area contributed by atoms with E-state index in [0.717, 1.165) is 6.42 Å². The van der Waals surface area contributed by atoms with Crippen molar-refractivity contribution in [3.8, 4) is 0 Å². The number of allylic oxidation sites excluding steroid dienone is 1. The second-order valence-electron chi connectivity index (χ2n) is 3.91. The highest BCUT2D eigenvalue weighted by Gasteiger charge is 2.31. The zero-order valence-electron chi connectivity index (χ0n) is 11.9. The lowest BCUT2D eigenvalue weighted by molar-refractivity contribution is -0.241. The Balaban J connectivity index is 4.48. The SMILES string of the molecule is C=CCCC(CCC(=O)OCC)(OCC)OCC. The smallest absolute Gasteiger partial charge is 0.305 e. The van der Waals surface area contributed by atoms with Gasteiger partial charge in [0.05, 0.1) is 13.0 Å². The predicted molar refractivity (Wildman–Crippen MR) is 71.3 cm³/mol. The zero-order valence-corrected chi connectivity index (χ0v) is 11.9. The highest BCUT2D eigenvalue weighted by molar-refractivity contribution is 5.69. The molecule has 0 aliphatic rings. The Labute approximate surface area is 110 Å². The molecule has 0 aromatic heterocycles. The Morgan fingerprint density at radius 3 is 2.17 bits per heavy atom. The monoisotopic (exact) mass is 258 g/mol. The number of rotatable bonds is 11. The molecule has 0 unspecified atom stereocenters. The first-order chi connectivity index (χ1) is 8.64. The summed E-state index contributed by atoms with van der Waals surface area (Å²) in [6.45, 7) is 10.9. The molecule has 0 saturated carbocycles. The van der Waals surface area contributed by atoms with E-state index >= 15 is 0 Å². The molecule has 0 radical (unpaired) electrons. The third-order valence-electron chi connectivity index (χ3n) is 2.56. The van der Waals surface area contributed by atoms with E-state index in [2.05, 4.69) is 6.58 Å². The van der Waals surface area contributed by atoms with Crippen molar-refractivity contribution < 1.29 is 19.0 Å². The minimum Gasteiger partial charge on any atom is -0.466 e. The minimum atomic E-state index is -0.690. The third kappa shape index (κ3) is 6.77. The lowest BCUT2D eigenvalue weighted by Crippen LogP contribution is -2.37. The van der Waals surface area contributed by atoms with E-state index < -0.39 is 5.79 Å². The van der Waals surface area contributed by atoms with E-state index in [-0.39, 0.29) is 5.97 Å². The molecule has 0 bridgehead atoms. The van der Waals surface area contributed by atoms with Crippen molar-refractivity contribution in [1.29, 1.82) is 0 Å². The van der Waals surface area contributed by atoms with Gasteiger partial charge in [-0.2, -0.15) is 0 Å². The molecule has 0 aromatic rings. The molecule has 0 saturated heterocycles. The van der Waals surface area contributed by atoms with Crippen LogP contribution in [-0.2, 0) is 19.0 Å². The van der Waals surface area contributed by atoms with Crippen LogP contribution in [0.15, 0.2) is 12.7 Å². The maximum atomic E-state index is 11.4. The summed E-state index contributed by atoms with van der Waals surface area (Å²) < 4.78 is 16.4. The van der Waals surface area contributed by atoms with E-state index in [1.807, 2.05) is 19.9 Å². The maximum absolute atomic E-state index is 11.4. The lowest BCUT2D eigenvalue weighted by Gasteiger charge is -2.33. The van der Waals surface area contributed by atoms with Crippen molar-refractivity contribution in [1.82, 2.24) is 0 Å². The van der Waals surface area contributed by atoms with Crippen LogP contribution < -0.4 is 0 Å². The van der Waals surface area contributed by atoms with Crippen LogP contribution in [0.5, 0.6) is 0 Å². The Hall–Kier alpha value is -0.870. The molecule has 4 nitrogen and oxygen atoms in total. The van der Waals surface area contributed by atoms with Gasteiger partial charge >= 0.3 is 5.97 Å². The molecule has 4 heteroatoms. The molecule has 0 aliphatic carbocycles. The van der Waals surface area contributed by atoms with Crippen LogP contribution in [0.1, 0.15) is 46.5 Å². The summed E-state index contributed by atoms with van der Waals surface area (Å²) in [4.78, 5) is 11.4. The van der Waals surface area contributed by atoms with E-state index in [0.29, 0.717) is 39.1 Å². The summed E-state index contributed by atoms with van der Waals surface area (Å²) in [6.07, 6.45) is 4.16. The van der Waals surface area contributed by atoms with Crippen LogP contribution in [0.25, 0.3) is 0 Å². The Bertz CT molecular complexity index is 232. The van der Waals surface area contributed by atoms with Gasteiger partial charge in [0.15, 0.2) is 5.79 Å². The summed E-state index contributed by atoms with van der Waals surface area (Å²) in [5.74, 6) is -0.898. The highest BCUT2D eigenvalue weighted by atomic mass is 16.7. The minimum absolute atomic E-state index is 0.208. The molecule has 18 heavy (non-hydrogen) atoms. The van der Waals surface area contributed by atoms with Crippen molar-refractivity contribution in [3.63, 3.8) is 0 Å². The normalized spacial score (nSPS) is 11.3. The Morgan fingerprint density at radius 2 is 1.72 bits per heavy atom. The van der Waals surface area contributed by atoms with E-state index in [1.54, 1.807) is 6.92 Å². The molecule has 0 rings (SSSR count). The number of carbonyl (C=O) groups is 1. The fraction of sp³-hybridized carbons (Fsp3) is 0.786. The number of hydrogen-bond donors (Lipinski definition) is 0. The van der Waals surface area contributed by atoms with Gasteiger partial charge in [0.25, 0.3) is 0 Å². The fourth-order valence-electron chi connectivity index (χ4n) is 1.83. The highest BCUT2D eigenvalue weighted by Crippen LogP contribution is 2.26. The van der Waals surface area contributed by atoms with Gasteiger partial charge in [-0.25, -0.2) is 0 Å². The number of esters is 1. The number of ether oxygens (including phenoxy) is 3. The maximum Gasteiger partial charge on any atom is 0.305 e. The van der Waals surface area contributed by atoms with Crippen LogP contribution >= 0.6 is 0 Å². The van der Waals surface area contributed by atoms with Gasteiger partial charge in [0.1, 0.15) is 0 Å². The predicted octanol–water partition coefficient (Wildman–Crippen LogP) is 3.07. The van der Waals surface area contributed by atoms with Crippen molar-refractivity contribution in [3.05, 3.63) is 12.7 Å².